The Morgan fingerprint density at radius 2 is 1.18 bits per heavy atom. The van der Waals surface area contributed by atoms with E-state index in [1.165, 1.54) is 25.7 Å². The lowest BCUT2D eigenvalue weighted by atomic mass is 9.69. The van der Waals surface area contributed by atoms with E-state index in [1.807, 2.05) is 91.4 Å². The maximum Gasteiger partial charge on any atom is 0.257 e. The number of fused-ring (bicyclic) bond motifs is 4. The lowest BCUT2D eigenvalue weighted by molar-refractivity contribution is 0.0416. The van der Waals surface area contributed by atoms with Gasteiger partial charge in [-0.3, -0.25) is 19.0 Å². The molecule has 1 N–H and O–H groups in total. The van der Waals surface area contributed by atoms with E-state index < -0.39 is 0 Å². The Hall–Kier alpha value is -4.20. The number of nitrogens with zero attached hydrogens (tertiary/aromatic N) is 5. The van der Waals surface area contributed by atoms with Crippen LogP contribution in [0.4, 0.5) is 0 Å². The number of aryl methyl sites for hydroxylation is 2. The van der Waals surface area contributed by atoms with Crippen LogP contribution in [0.5, 0.6) is 0 Å². The van der Waals surface area contributed by atoms with E-state index in [-0.39, 0.29) is 28.7 Å². The van der Waals surface area contributed by atoms with Crippen molar-refractivity contribution < 1.29 is 9.59 Å². The van der Waals surface area contributed by atoms with Crippen LogP contribution in [-0.4, -0.2) is 55.4 Å². The molecule has 270 valence electrons. The van der Waals surface area contributed by atoms with Crippen LogP contribution in [0.3, 0.4) is 0 Å². The first-order chi connectivity index (χ1) is 24.1. The van der Waals surface area contributed by atoms with E-state index in [9.17, 15) is 9.59 Å². The van der Waals surface area contributed by atoms with Crippen LogP contribution in [0, 0.1) is 33.5 Å². The molecule has 2 heterocycles. The molecule has 0 aliphatic heterocycles. The average molecular weight is 689 g/mol. The number of hydrogen-bond donors (Lipinski definition) is 1. The van der Waals surface area contributed by atoms with Gasteiger partial charge in [-0.2, -0.15) is 10.2 Å². The third-order valence-electron chi connectivity index (χ3n) is 15.1. The van der Waals surface area contributed by atoms with Gasteiger partial charge >= 0.3 is 0 Å². The molecule has 8 rings (SSSR count). The zero-order valence-corrected chi connectivity index (χ0v) is 32.0. The molecule has 4 aliphatic carbocycles. The maximum absolute atomic E-state index is 13.4. The highest BCUT2D eigenvalue weighted by Crippen LogP contribution is 2.67. The molecular formula is C43H56N6O2. The second-order valence-corrected chi connectivity index (χ2v) is 17.5. The summed E-state index contributed by atoms with van der Waals surface area (Å²) in [6.07, 6.45) is 10.6. The van der Waals surface area contributed by atoms with E-state index in [1.54, 1.807) is 17.1 Å². The molecule has 4 aliphatic rings. The fourth-order valence-electron chi connectivity index (χ4n) is 10.8. The molecule has 0 unspecified atom stereocenters. The highest BCUT2D eigenvalue weighted by molar-refractivity contribution is 6.00. The molecule has 4 bridgehead atoms. The highest BCUT2D eigenvalue weighted by Gasteiger charge is 2.63. The molecule has 2 aromatic heterocycles. The van der Waals surface area contributed by atoms with Gasteiger partial charge < -0.3 is 10.2 Å². The van der Waals surface area contributed by atoms with Gasteiger partial charge in [0.1, 0.15) is 0 Å². The second-order valence-electron chi connectivity index (χ2n) is 17.5. The SMILES string of the molecule is CN(C(=O)c1cnn(C)c1-c1ccccc1)[C@H]1C[C@H]2CC[C@]1(C)C2(C)C.Cn1ncc(C(=O)N[C@H]2C[C@H]3CC[C@]2(C)C3(C)C)c1-c1ccccc1. The lowest BCUT2D eigenvalue weighted by Crippen LogP contribution is -2.47. The standard InChI is InChI=1S/C22H29N3O.C21H27N3O/c1-21(2)16-11-12-22(21,3)18(13-16)24(4)20(26)17-14-23-25(5)19(17)15-9-7-6-8-10-15;1-20(2)15-10-11-21(20,3)17(12-15)23-19(25)16-13-22-24(4)18(16)14-8-6-5-7-9-14/h6-10,14,16,18H,11-13H2,1-5H3;5-9,13,15,17H,10-12H2,1-4H3,(H,23,25)/t16-,18+,22+;15-,17+,21+/m11/s1. The number of aromatic nitrogens is 4. The third-order valence-corrected chi connectivity index (χ3v) is 15.1. The molecule has 4 saturated carbocycles. The van der Waals surface area contributed by atoms with E-state index in [4.69, 9.17) is 0 Å². The number of hydrogen-bond acceptors (Lipinski definition) is 4. The van der Waals surface area contributed by atoms with Crippen LogP contribution in [0.1, 0.15) is 101 Å². The Morgan fingerprint density at radius 3 is 1.63 bits per heavy atom. The smallest absolute Gasteiger partial charge is 0.257 e. The topological polar surface area (TPSA) is 85.1 Å². The van der Waals surface area contributed by atoms with Gasteiger partial charge in [0.2, 0.25) is 0 Å². The molecule has 8 nitrogen and oxygen atoms in total. The van der Waals surface area contributed by atoms with Crippen molar-refractivity contribution >= 4 is 11.8 Å². The van der Waals surface area contributed by atoms with Gasteiger partial charge in [-0.25, -0.2) is 0 Å². The number of carbonyl (C=O) groups is 2. The number of rotatable bonds is 6. The molecule has 0 spiro atoms. The monoisotopic (exact) mass is 688 g/mol. The van der Waals surface area contributed by atoms with Crippen molar-refractivity contribution in [3.63, 3.8) is 0 Å². The summed E-state index contributed by atoms with van der Waals surface area (Å²) in [6.45, 7) is 14.3. The molecule has 4 fully saturated rings. The summed E-state index contributed by atoms with van der Waals surface area (Å²) in [4.78, 5) is 28.5. The largest absolute Gasteiger partial charge is 0.349 e. The predicted molar refractivity (Wildman–Crippen MR) is 203 cm³/mol. The molecule has 6 atom stereocenters. The summed E-state index contributed by atoms with van der Waals surface area (Å²) in [5, 5.41) is 12.1. The number of amides is 2. The van der Waals surface area contributed by atoms with Crippen LogP contribution in [0.2, 0.25) is 0 Å². The fourth-order valence-corrected chi connectivity index (χ4v) is 10.8. The van der Waals surface area contributed by atoms with Crippen LogP contribution in [0.25, 0.3) is 22.5 Å². The maximum atomic E-state index is 13.4. The zero-order chi connectivity index (χ0) is 36.5. The van der Waals surface area contributed by atoms with Gasteiger partial charge in [0, 0.05) is 44.4 Å². The molecule has 51 heavy (non-hydrogen) atoms. The third kappa shape index (κ3) is 5.38. The molecule has 0 radical (unpaired) electrons. The normalized spacial score (nSPS) is 29.4. The van der Waals surface area contributed by atoms with Gasteiger partial charge in [-0.15, -0.1) is 0 Å². The molecule has 2 aromatic carbocycles. The van der Waals surface area contributed by atoms with Crippen LogP contribution in [-0.2, 0) is 14.1 Å². The van der Waals surface area contributed by atoms with Crippen molar-refractivity contribution in [1.29, 1.82) is 0 Å². The van der Waals surface area contributed by atoms with Crippen molar-refractivity contribution in [2.75, 3.05) is 7.05 Å². The Balaban J connectivity index is 0.000000159. The minimum absolute atomic E-state index is 0.00141. The summed E-state index contributed by atoms with van der Waals surface area (Å²) >= 11 is 0. The first kappa shape index (κ1) is 35.2. The van der Waals surface area contributed by atoms with E-state index in [0.29, 0.717) is 33.9 Å². The van der Waals surface area contributed by atoms with Gasteiger partial charge in [0.25, 0.3) is 11.8 Å². The number of nitrogens with one attached hydrogen (secondary N) is 1. The Morgan fingerprint density at radius 1 is 0.706 bits per heavy atom. The van der Waals surface area contributed by atoms with Crippen molar-refractivity contribution in [3.05, 3.63) is 84.2 Å². The van der Waals surface area contributed by atoms with Gasteiger partial charge in [-0.1, -0.05) is 102 Å². The average Bonchev–Trinajstić information content (AvgIpc) is 3.89. The molecule has 4 aromatic rings. The fraction of sp³-hybridized carbons (Fsp3) is 0.535. The Kier molecular flexibility index (Phi) is 8.62. The molecule has 2 amide bonds. The van der Waals surface area contributed by atoms with Crippen molar-refractivity contribution in [2.45, 2.75) is 92.2 Å². The minimum Gasteiger partial charge on any atom is -0.349 e. The van der Waals surface area contributed by atoms with E-state index in [0.717, 1.165) is 41.3 Å². The van der Waals surface area contributed by atoms with Gasteiger partial charge in [-0.05, 0) is 72.0 Å². The zero-order valence-electron chi connectivity index (χ0n) is 32.0. The predicted octanol–water partition coefficient (Wildman–Crippen LogP) is 8.41. The number of benzene rings is 2. The minimum atomic E-state index is 0.00141. The van der Waals surface area contributed by atoms with E-state index >= 15 is 0 Å². The van der Waals surface area contributed by atoms with Gasteiger partial charge in [0.15, 0.2) is 0 Å². The molecular weight excluding hydrogens is 633 g/mol. The lowest BCUT2D eigenvalue weighted by Gasteiger charge is -2.43. The first-order valence-corrected chi connectivity index (χ1v) is 18.8. The summed E-state index contributed by atoms with van der Waals surface area (Å²) in [5.74, 6) is 1.52. The second kappa shape index (κ2) is 12.5. The van der Waals surface area contributed by atoms with E-state index in [2.05, 4.69) is 57.1 Å². The van der Waals surface area contributed by atoms with Crippen molar-refractivity contribution in [1.82, 2.24) is 29.8 Å². The number of carbonyl (C=O) groups excluding carboxylic acids is 2. The summed E-state index contributed by atoms with van der Waals surface area (Å²) < 4.78 is 3.60. The molecule has 8 heteroatoms. The molecule has 0 saturated heterocycles. The van der Waals surface area contributed by atoms with Crippen molar-refractivity contribution in [3.8, 4) is 22.5 Å². The van der Waals surface area contributed by atoms with Crippen LogP contribution >= 0.6 is 0 Å². The van der Waals surface area contributed by atoms with Crippen LogP contribution < -0.4 is 5.32 Å². The quantitative estimate of drug-likeness (QED) is 0.221. The summed E-state index contributed by atoms with van der Waals surface area (Å²) in [6, 6.07) is 20.6. The van der Waals surface area contributed by atoms with Crippen LogP contribution in [0.15, 0.2) is 73.1 Å². The summed E-state index contributed by atoms with van der Waals surface area (Å²) in [5.41, 5.74) is 6.16. The summed E-state index contributed by atoms with van der Waals surface area (Å²) in [7, 11) is 5.78. The Labute approximate surface area is 304 Å². The Bertz CT molecular complexity index is 1930. The van der Waals surface area contributed by atoms with Crippen molar-refractivity contribution in [2.24, 2.45) is 47.6 Å². The highest BCUT2D eigenvalue weighted by atomic mass is 16.2. The van der Waals surface area contributed by atoms with Gasteiger partial charge in [0.05, 0.1) is 34.9 Å². The first-order valence-electron chi connectivity index (χ1n) is 18.8.